The van der Waals surface area contributed by atoms with E-state index in [1.165, 1.54) is 36.9 Å². The van der Waals surface area contributed by atoms with Gasteiger partial charge in [0.2, 0.25) is 0 Å². The molecule has 16 heavy (non-hydrogen) atoms. The average Bonchev–Trinajstić information content (AvgIpc) is 2.89. The number of nitrogen functional groups attached to an aromatic ring is 1. The monoisotopic (exact) mass is 215 g/mol. The van der Waals surface area contributed by atoms with Crippen LogP contribution >= 0.6 is 0 Å². The van der Waals surface area contributed by atoms with E-state index in [0.717, 1.165) is 17.7 Å². The Morgan fingerprint density at radius 1 is 1.25 bits per heavy atom. The van der Waals surface area contributed by atoms with Gasteiger partial charge >= 0.3 is 0 Å². The summed E-state index contributed by atoms with van der Waals surface area (Å²) in [6, 6.07) is 6.10. The number of nitrogens with two attached hydrogens (primary N) is 1. The van der Waals surface area contributed by atoms with Crippen LogP contribution in [0.2, 0.25) is 0 Å². The maximum absolute atomic E-state index is 5.77. The minimum absolute atomic E-state index is 0.821. The molecule has 3 rings (SSSR count). The van der Waals surface area contributed by atoms with Gasteiger partial charge in [-0.25, -0.2) is 0 Å². The van der Waals surface area contributed by atoms with Crippen LogP contribution in [0.4, 0.5) is 5.69 Å². The highest BCUT2D eigenvalue weighted by atomic mass is 15.1. The second-order valence-electron chi connectivity index (χ2n) is 4.60. The Morgan fingerprint density at radius 3 is 2.88 bits per heavy atom. The Morgan fingerprint density at radius 2 is 2.06 bits per heavy atom. The van der Waals surface area contributed by atoms with Crippen molar-refractivity contribution >= 4 is 16.6 Å². The standard InChI is InChI=1S/C13H17N3/c14-11-3-4-12-10(8-15-13(12)7-11)9-16-5-1-2-6-16/h3-4,7-8,15H,1-2,5-6,9,14H2. The molecule has 0 spiro atoms. The van der Waals surface area contributed by atoms with Gasteiger partial charge in [0.25, 0.3) is 0 Å². The van der Waals surface area contributed by atoms with Gasteiger partial charge in [-0.2, -0.15) is 0 Å². The second-order valence-corrected chi connectivity index (χ2v) is 4.60. The summed E-state index contributed by atoms with van der Waals surface area (Å²) >= 11 is 0. The Labute approximate surface area is 95.2 Å². The lowest BCUT2D eigenvalue weighted by Gasteiger charge is -2.13. The second kappa shape index (κ2) is 3.83. The number of benzene rings is 1. The number of hydrogen-bond donors (Lipinski definition) is 2. The first-order valence-electron chi connectivity index (χ1n) is 5.91. The number of nitrogens with zero attached hydrogens (tertiary/aromatic N) is 1. The van der Waals surface area contributed by atoms with Crippen LogP contribution in [0.15, 0.2) is 24.4 Å². The quantitative estimate of drug-likeness (QED) is 0.755. The van der Waals surface area contributed by atoms with Gasteiger partial charge in [0.05, 0.1) is 0 Å². The van der Waals surface area contributed by atoms with E-state index in [1.807, 2.05) is 12.1 Å². The minimum atomic E-state index is 0.821. The molecule has 3 heteroatoms. The zero-order chi connectivity index (χ0) is 11.0. The summed E-state index contributed by atoms with van der Waals surface area (Å²) in [7, 11) is 0. The Bertz CT molecular complexity index is 495. The smallest absolute Gasteiger partial charge is 0.0477 e. The zero-order valence-corrected chi connectivity index (χ0v) is 9.37. The molecule has 0 amide bonds. The van der Waals surface area contributed by atoms with E-state index in [-0.39, 0.29) is 0 Å². The molecule has 1 aliphatic heterocycles. The fraction of sp³-hybridized carbons (Fsp3) is 0.385. The lowest BCUT2D eigenvalue weighted by molar-refractivity contribution is 0.332. The van der Waals surface area contributed by atoms with Crippen LogP contribution in [0.25, 0.3) is 10.9 Å². The van der Waals surface area contributed by atoms with Crippen LogP contribution in [0.1, 0.15) is 18.4 Å². The summed E-state index contributed by atoms with van der Waals surface area (Å²) in [5.74, 6) is 0. The first-order valence-corrected chi connectivity index (χ1v) is 5.91. The summed E-state index contributed by atoms with van der Waals surface area (Å²) in [5.41, 5.74) is 9.12. The highest BCUT2D eigenvalue weighted by molar-refractivity contribution is 5.85. The summed E-state index contributed by atoms with van der Waals surface area (Å²) in [6.07, 6.45) is 4.80. The van der Waals surface area contributed by atoms with E-state index in [2.05, 4.69) is 22.1 Å². The maximum atomic E-state index is 5.77. The molecular weight excluding hydrogens is 198 g/mol. The van der Waals surface area contributed by atoms with Gasteiger partial charge in [0.1, 0.15) is 0 Å². The molecule has 1 aliphatic rings. The normalized spacial score (nSPS) is 17.2. The molecule has 0 bridgehead atoms. The highest BCUT2D eigenvalue weighted by Gasteiger charge is 2.13. The SMILES string of the molecule is Nc1ccc2c(CN3CCCC3)c[nH]c2c1. The van der Waals surface area contributed by atoms with Crippen LogP contribution in [0.5, 0.6) is 0 Å². The highest BCUT2D eigenvalue weighted by Crippen LogP contribution is 2.23. The molecule has 3 nitrogen and oxygen atoms in total. The number of aromatic nitrogens is 1. The summed E-state index contributed by atoms with van der Waals surface area (Å²) in [6.45, 7) is 3.53. The molecule has 2 aromatic rings. The lowest BCUT2D eigenvalue weighted by Crippen LogP contribution is -2.17. The Balaban J connectivity index is 1.91. The van der Waals surface area contributed by atoms with Gasteiger partial charge in [-0.15, -0.1) is 0 Å². The fourth-order valence-corrected chi connectivity index (χ4v) is 2.52. The molecule has 3 N–H and O–H groups in total. The largest absolute Gasteiger partial charge is 0.399 e. The maximum Gasteiger partial charge on any atom is 0.0477 e. The third-order valence-electron chi connectivity index (χ3n) is 3.38. The van der Waals surface area contributed by atoms with Gasteiger partial charge in [-0.1, -0.05) is 6.07 Å². The van der Waals surface area contributed by atoms with Crippen molar-refractivity contribution in [2.45, 2.75) is 19.4 Å². The number of nitrogens with one attached hydrogen (secondary N) is 1. The lowest BCUT2D eigenvalue weighted by atomic mass is 10.1. The molecule has 0 atom stereocenters. The number of fused-ring (bicyclic) bond motifs is 1. The van der Waals surface area contributed by atoms with Crippen LogP contribution in [-0.4, -0.2) is 23.0 Å². The van der Waals surface area contributed by atoms with Gasteiger partial charge in [0.15, 0.2) is 0 Å². The van der Waals surface area contributed by atoms with Crippen molar-refractivity contribution in [1.82, 2.24) is 9.88 Å². The summed E-state index contributed by atoms with van der Waals surface area (Å²) in [5, 5.41) is 1.31. The van der Waals surface area contributed by atoms with E-state index in [4.69, 9.17) is 5.73 Å². The average molecular weight is 215 g/mol. The van der Waals surface area contributed by atoms with Crippen molar-refractivity contribution in [2.75, 3.05) is 18.8 Å². The molecule has 0 radical (unpaired) electrons. The van der Waals surface area contributed by atoms with Crippen LogP contribution in [0.3, 0.4) is 0 Å². The number of rotatable bonds is 2. The van der Waals surface area contributed by atoms with Crippen molar-refractivity contribution < 1.29 is 0 Å². The number of hydrogen-bond acceptors (Lipinski definition) is 2. The Kier molecular flexibility index (Phi) is 2.33. The Hall–Kier alpha value is -1.48. The zero-order valence-electron chi connectivity index (χ0n) is 9.37. The first kappa shape index (κ1) is 9.73. The number of anilines is 1. The molecule has 1 fully saturated rings. The molecule has 0 saturated carbocycles. The molecule has 1 aromatic carbocycles. The van der Waals surface area contributed by atoms with Gasteiger partial charge in [0, 0.05) is 29.3 Å². The molecule has 0 aliphatic carbocycles. The number of likely N-dealkylation sites (tertiary alicyclic amines) is 1. The van der Waals surface area contributed by atoms with Crippen LogP contribution in [0, 0.1) is 0 Å². The van der Waals surface area contributed by atoms with Crippen LogP contribution in [-0.2, 0) is 6.54 Å². The van der Waals surface area contributed by atoms with Crippen molar-refractivity contribution in [2.24, 2.45) is 0 Å². The summed E-state index contributed by atoms with van der Waals surface area (Å²) in [4.78, 5) is 5.81. The number of aromatic amines is 1. The summed E-state index contributed by atoms with van der Waals surface area (Å²) < 4.78 is 0. The van der Waals surface area contributed by atoms with Gasteiger partial charge < -0.3 is 10.7 Å². The van der Waals surface area contributed by atoms with E-state index in [9.17, 15) is 0 Å². The van der Waals surface area contributed by atoms with E-state index >= 15 is 0 Å². The van der Waals surface area contributed by atoms with Crippen molar-refractivity contribution in [3.05, 3.63) is 30.0 Å². The molecule has 1 saturated heterocycles. The fourth-order valence-electron chi connectivity index (χ4n) is 2.52. The molecule has 0 unspecified atom stereocenters. The predicted molar refractivity (Wildman–Crippen MR) is 67.2 cm³/mol. The topological polar surface area (TPSA) is 45.0 Å². The van der Waals surface area contributed by atoms with Crippen molar-refractivity contribution in [3.8, 4) is 0 Å². The molecule has 1 aromatic heterocycles. The molecule has 2 heterocycles. The van der Waals surface area contributed by atoms with E-state index < -0.39 is 0 Å². The van der Waals surface area contributed by atoms with Gasteiger partial charge in [-0.05, 0) is 43.6 Å². The van der Waals surface area contributed by atoms with E-state index in [0.29, 0.717) is 0 Å². The van der Waals surface area contributed by atoms with Crippen molar-refractivity contribution in [3.63, 3.8) is 0 Å². The van der Waals surface area contributed by atoms with E-state index in [1.54, 1.807) is 0 Å². The minimum Gasteiger partial charge on any atom is -0.399 e. The third kappa shape index (κ3) is 1.67. The number of H-pyrrole nitrogens is 1. The molecular formula is C13H17N3. The van der Waals surface area contributed by atoms with Gasteiger partial charge in [-0.3, -0.25) is 4.90 Å². The van der Waals surface area contributed by atoms with Crippen LogP contribution < -0.4 is 5.73 Å². The van der Waals surface area contributed by atoms with Crippen molar-refractivity contribution in [1.29, 1.82) is 0 Å². The predicted octanol–water partition coefficient (Wildman–Crippen LogP) is 2.35. The first-order chi connectivity index (χ1) is 7.83. The molecule has 84 valence electrons. The third-order valence-corrected chi connectivity index (χ3v) is 3.38.